The molecule has 0 aliphatic carbocycles. The minimum Gasteiger partial charge on any atom is -0.484 e. The lowest BCUT2D eigenvalue weighted by atomic mass is 10.3. The van der Waals surface area contributed by atoms with E-state index in [0.29, 0.717) is 17.3 Å². The first kappa shape index (κ1) is 18.9. The second kappa shape index (κ2) is 7.80. The van der Waals surface area contributed by atoms with Crippen LogP contribution in [0.5, 0.6) is 5.75 Å². The lowest BCUT2D eigenvalue weighted by Crippen LogP contribution is -2.25. The van der Waals surface area contributed by atoms with Crippen LogP contribution in [0.4, 0.5) is 11.5 Å². The van der Waals surface area contributed by atoms with Gasteiger partial charge in [0, 0.05) is 26.4 Å². The summed E-state index contributed by atoms with van der Waals surface area (Å²) in [6.07, 6.45) is 1.72. The molecule has 0 unspecified atom stereocenters. The van der Waals surface area contributed by atoms with Gasteiger partial charge in [-0.1, -0.05) is 6.07 Å². The number of aryl methyl sites for hydroxylation is 1. The van der Waals surface area contributed by atoms with E-state index in [1.54, 1.807) is 65.8 Å². The molecule has 3 aromatic rings. The summed E-state index contributed by atoms with van der Waals surface area (Å²) in [5.41, 5.74) is 0.494. The second-order valence-corrected chi connectivity index (χ2v) is 8.75. The highest BCUT2D eigenvalue weighted by molar-refractivity contribution is 7.94. The standard InChI is InChI=1S/C17H18N4O4S2/c1-20-10-9-15(19-20)18-16(22)12-25-14-7-5-13(6-8-14)21(2)27(23,24)17-4-3-11-26-17/h3-11H,12H2,1-2H3,(H,18,19,22). The van der Waals surface area contributed by atoms with Crippen molar-refractivity contribution in [3.63, 3.8) is 0 Å². The van der Waals surface area contributed by atoms with Gasteiger partial charge in [-0.15, -0.1) is 11.3 Å². The minimum absolute atomic E-state index is 0.181. The average Bonchev–Trinajstić information content (AvgIpc) is 3.32. The van der Waals surface area contributed by atoms with Crippen molar-refractivity contribution in [1.82, 2.24) is 9.78 Å². The number of sulfonamides is 1. The van der Waals surface area contributed by atoms with Crippen LogP contribution >= 0.6 is 11.3 Å². The van der Waals surface area contributed by atoms with E-state index in [-0.39, 0.29) is 16.7 Å². The molecule has 0 spiro atoms. The van der Waals surface area contributed by atoms with Crippen molar-refractivity contribution in [2.45, 2.75) is 4.21 Å². The third-order valence-electron chi connectivity index (χ3n) is 3.66. The molecule has 0 bridgehead atoms. The van der Waals surface area contributed by atoms with Crippen LogP contribution in [0.25, 0.3) is 0 Å². The first-order chi connectivity index (χ1) is 12.9. The molecular formula is C17H18N4O4S2. The lowest BCUT2D eigenvalue weighted by molar-refractivity contribution is -0.118. The van der Waals surface area contributed by atoms with Gasteiger partial charge in [-0.05, 0) is 35.7 Å². The van der Waals surface area contributed by atoms with E-state index >= 15 is 0 Å². The average molecular weight is 406 g/mol. The monoisotopic (exact) mass is 406 g/mol. The molecule has 0 atom stereocenters. The molecule has 0 saturated carbocycles. The van der Waals surface area contributed by atoms with E-state index in [1.807, 2.05) is 0 Å². The summed E-state index contributed by atoms with van der Waals surface area (Å²) >= 11 is 1.16. The van der Waals surface area contributed by atoms with E-state index in [9.17, 15) is 13.2 Å². The van der Waals surface area contributed by atoms with Gasteiger partial charge in [-0.25, -0.2) is 8.42 Å². The fourth-order valence-corrected chi connectivity index (χ4v) is 4.60. The smallest absolute Gasteiger partial charge is 0.273 e. The normalized spacial score (nSPS) is 11.2. The number of thiophene rings is 1. The molecule has 27 heavy (non-hydrogen) atoms. The maximum atomic E-state index is 12.5. The quantitative estimate of drug-likeness (QED) is 0.650. The predicted molar refractivity (Wildman–Crippen MR) is 104 cm³/mol. The Labute approximate surface area is 161 Å². The van der Waals surface area contributed by atoms with Crippen molar-refractivity contribution < 1.29 is 17.9 Å². The number of hydrogen-bond acceptors (Lipinski definition) is 6. The fraction of sp³-hybridized carbons (Fsp3) is 0.176. The first-order valence-electron chi connectivity index (χ1n) is 7.91. The Kier molecular flexibility index (Phi) is 5.47. The number of nitrogens with zero attached hydrogens (tertiary/aromatic N) is 3. The summed E-state index contributed by atoms with van der Waals surface area (Å²) in [7, 11) is -0.337. The van der Waals surface area contributed by atoms with Crippen LogP contribution in [0.3, 0.4) is 0 Å². The SMILES string of the molecule is CN(c1ccc(OCC(=O)Nc2ccn(C)n2)cc1)S(=O)(=O)c1cccs1. The fourth-order valence-electron chi connectivity index (χ4n) is 2.25. The van der Waals surface area contributed by atoms with Crippen LogP contribution in [-0.2, 0) is 21.9 Å². The number of rotatable bonds is 7. The molecule has 142 valence electrons. The molecule has 0 saturated heterocycles. The third kappa shape index (κ3) is 4.47. The number of nitrogens with one attached hydrogen (secondary N) is 1. The highest BCUT2D eigenvalue weighted by Crippen LogP contribution is 2.26. The molecule has 1 N–H and O–H groups in total. The molecule has 2 heterocycles. The number of anilines is 2. The number of benzene rings is 1. The van der Waals surface area contributed by atoms with Gasteiger partial charge in [0.05, 0.1) is 5.69 Å². The zero-order valence-electron chi connectivity index (χ0n) is 14.7. The second-order valence-electron chi connectivity index (χ2n) is 5.61. The Balaban J connectivity index is 1.59. The molecule has 8 nitrogen and oxygen atoms in total. The Morgan fingerprint density at radius 2 is 2.00 bits per heavy atom. The third-order valence-corrected chi connectivity index (χ3v) is 6.82. The van der Waals surface area contributed by atoms with Gasteiger partial charge < -0.3 is 10.1 Å². The van der Waals surface area contributed by atoms with E-state index in [1.165, 1.54) is 11.4 Å². The number of aromatic nitrogens is 2. The predicted octanol–water partition coefficient (Wildman–Crippen LogP) is 2.32. The largest absolute Gasteiger partial charge is 0.484 e. The summed E-state index contributed by atoms with van der Waals surface area (Å²) in [5.74, 6) is 0.564. The van der Waals surface area contributed by atoms with E-state index in [0.717, 1.165) is 11.3 Å². The number of carbonyl (C=O) groups excluding carboxylic acids is 1. The van der Waals surface area contributed by atoms with Crippen molar-refractivity contribution in [3.05, 3.63) is 54.0 Å². The van der Waals surface area contributed by atoms with Crippen molar-refractivity contribution in [2.75, 3.05) is 23.3 Å². The van der Waals surface area contributed by atoms with Crippen LogP contribution in [0, 0.1) is 0 Å². The molecular weight excluding hydrogens is 388 g/mol. The van der Waals surface area contributed by atoms with Gasteiger partial charge in [0.1, 0.15) is 9.96 Å². The summed E-state index contributed by atoms with van der Waals surface area (Å²) in [6, 6.07) is 11.4. The van der Waals surface area contributed by atoms with Crippen LogP contribution in [-0.4, -0.2) is 37.8 Å². The number of carbonyl (C=O) groups is 1. The highest BCUT2D eigenvalue weighted by atomic mass is 32.2. The van der Waals surface area contributed by atoms with Gasteiger partial charge in [0.15, 0.2) is 12.4 Å². The number of ether oxygens (including phenoxy) is 1. The Bertz CT molecular complexity index is 1010. The molecule has 10 heteroatoms. The molecule has 1 aromatic carbocycles. The maximum Gasteiger partial charge on any atom is 0.273 e. The summed E-state index contributed by atoms with van der Waals surface area (Å²) in [5, 5.41) is 8.38. The Morgan fingerprint density at radius 3 is 2.59 bits per heavy atom. The Hall–Kier alpha value is -2.85. The molecule has 3 rings (SSSR count). The van der Waals surface area contributed by atoms with Crippen LogP contribution in [0.2, 0.25) is 0 Å². The number of hydrogen-bond donors (Lipinski definition) is 1. The van der Waals surface area contributed by atoms with E-state index in [4.69, 9.17) is 4.74 Å². The summed E-state index contributed by atoms with van der Waals surface area (Å²) in [4.78, 5) is 11.9. The zero-order chi connectivity index (χ0) is 19.4. The first-order valence-corrected chi connectivity index (χ1v) is 10.2. The van der Waals surface area contributed by atoms with Crippen molar-refractivity contribution in [3.8, 4) is 5.75 Å². The summed E-state index contributed by atoms with van der Waals surface area (Å²) < 4.78 is 33.5. The maximum absolute atomic E-state index is 12.5. The van der Waals surface area contributed by atoms with Crippen molar-refractivity contribution in [2.24, 2.45) is 7.05 Å². The molecule has 0 aliphatic rings. The molecule has 0 radical (unpaired) electrons. The molecule has 1 amide bonds. The van der Waals surface area contributed by atoms with Crippen molar-refractivity contribution in [1.29, 1.82) is 0 Å². The molecule has 0 aliphatic heterocycles. The highest BCUT2D eigenvalue weighted by Gasteiger charge is 2.22. The Morgan fingerprint density at radius 1 is 1.26 bits per heavy atom. The summed E-state index contributed by atoms with van der Waals surface area (Å²) in [6.45, 7) is -0.181. The van der Waals surface area contributed by atoms with Crippen LogP contribution < -0.4 is 14.4 Å². The van der Waals surface area contributed by atoms with Gasteiger partial charge in [-0.3, -0.25) is 13.8 Å². The lowest BCUT2D eigenvalue weighted by Gasteiger charge is -2.18. The molecule has 0 fully saturated rings. The van der Waals surface area contributed by atoms with Crippen molar-refractivity contribution >= 4 is 38.8 Å². The van der Waals surface area contributed by atoms with Crippen LogP contribution in [0.1, 0.15) is 0 Å². The van der Waals surface area contributed by atoms with Gasteiger partial charge in [0.2, 0.25) is 0 Å². The van der Waals surface area contributed by atoms with E-state index < -0.39 is 10.0 Å². The van der Waals surface area contributed by atoms with E-state index in [2.05, 4.69) is 10.4 Å². The minimum atomic E-state index is -3.58. The van der Waals surface area contributed by atoms with Gasteiger partial charge in [0.25, 0.3) is 15.9 Å². The van der Waals surface area contributed by atoms with Gasteiger partial charge >= 0.3 is 0 Å². The number of amides is 1. The van der Waals surface area contributed by atoms with Gasteiger partial charge in [-0.2, -0.15) is 5.10 Å². The zero-order valence-corrected chi connectivity index (χ0v) is 16.3. The topological polar surface area (TPSA) is 93.5 Å². The van der Waals surface area contributed by atoms with Crippen LogP contribution in [0.15, 0.2) is 58.3 Å². The molecule has 2 aromatic heterocycles.